The van der Waals surface area contributed by atoms with Crippen LogP contribution in [0.2, 0.25) is 0 Å². The minimum atomic E-state index is -0.967. The van der Waals surface area contributed by atoms with E-state index in [9.17, 15) is 9.59 Å². The lowest BCUT2D eigenvalue weighted by Crippen LogP contribution is -2.44. The van der Waals surface area contributed by atoms with E-state index in [0.29, 0.717) is 11.0 Å². The predicted octanol–water partition coefficient (Wildman–Crippen LogP) is 1.36. The molecule has 2 fully saturated rings. The van der Waals surface area contributed by atoms with Gasteiger partial charge in [0.25, 0.3) is 0 Å². The number of hydrogen-bond donors (Lipinski definition) is 2. The van der Waals surface area contributed by atoms with Crippen LogP contribution in [0.5, 0.6) is 0 Å². The first-order valence-electron chi connectivity index (χ1n) is 6.84. The molecule has 2 saturated heterocycles. The van der Waals surface area contributed by atoms with Crippen molar-refractivity contribution in [2.45, 2.75) is 43.1 Å². The standard InChI is InChI=1S/C13H21NO4S2/c1-9(15)14-11(12(16)17)7-20-10-2-4-18-13(6-10)3-5-19-8-13/h10-11H,2-8H2,1H3,(H,14,15)(H,16,17)/t10?,11-,13?/m0/s1. The highest BCUT2D eigenvalue weighted by Crippen LogP contribution is 2.41. The zero-order chi connectivity index (χ0) is 14.6. The molecule has 1 spiro atoms. The molecule has 0 saturated carbocycles. The third-order valence-electron chi connectivity index (χ3n) is 3.69. The molecule has 2 rings (SSSR count). The highest BCUT2D eigenvalue weighted by atomic mass is 32.2. The molecule has 0 radical (unpaired) electrons. The highest BCUT2D eigenvalue weighted by molar-refractivity contribution is 8.00. The number of carboxylic acids is 1. The minimum Gasteiger partial charge on any atom is -0.480 e. The summed E-state index contributed by atoms with van der Waals surface area (Å²) in [5, 5.41) is 12.0. The van der Waals surface area contributed by atoms with Gasteiger partial charge in [-0.15, -0.1) is 0 Å². The van der Waals surface area contributed by atoms with Crippen LogP contribution in [0.1, 0.15) is 26.2 Å². The van der Waals surface area contributed by atoms with Gasteiger partial charge in [0, 0.05) is 30.3 Å². The number of thioether (sulfide) groups is 2. The number of aliphatic carboxylic acids is 1. The van der Waals surface area contributed by atoms with Crippen molar-refractivity contribution in [3.8, 4) is 0 Å². The summed E-state index contributed by atoms with van der Waals surface area (Å²) in [5.74, 6) is 1.36. The van der Waals surface area contributed by atoms with Crippen LogP contribution < -0.4 is 5.32 Å². The second-order valence-corrected chi connectivity index (χ2v) is 7.81. The monoisotopic (exact) mass is 319 g/mol. The first-order chi connectivity index (χ1) is 9.51. The summed E-state index contributed by atoms with van der Waals surface area (Å²) >= 11 is 3.59. The molecular weight excluding hydrogens is 298 g/mol. The molecule has 1 amide bonds. The van der Waals surface area contributed by atoms with E-state index in [0.717, 1.165) is 37.4 Å². The Morgan fingerprint density at radius 3 is 3.00 bits per heavy atom. The fourth-order valence-electron chi connectivity index (χ4n) is 2.64. The Hall–Kier alpha value is -0.400. The molecule has 0 bridgehead atoms. The Labute approximate surface area is 127 Å². The van der Waals surface area contributed by atoms with Gasteiger partial charge < -0.3 is 15.2 Å². The Kier molecular flexibility index (Phi) is 5.63. The molecule has 0 aliphatic carbocycles. The molecule has 20 heavy (non-hydrogen) atoms. The Morgan fingerprint density at radius 2 is 2.40 bits per heavy atom. The number of hydrogen-bond acceptors (Lipinski definition) is 5. The van der Waals surface area contributed by atoms with Gasteiger partial charge in [0.1, 0.15) is 6.04 Å². The fourth-order valence-corrected chi connectivity index (χ4v) is 5.39. The van der Waals surface area contributed by atoms with Gasteiger partial charge >= 0.3 is 5.97 Å². The van der Waals surface area contributed by atoms with Gasteiger partial charge in [0.05, 0.1) is 5.60 Å². The minimum absolute atomic E-state index is 0.0211. The van der Waals surface area contributed by atoms with Crippen LogP contribution in [0.15, 0.2) is 0 Å². The van der Waals surface area contributed by atoms with E-state index in [2.05, 4.69) is 5.32 Å². The van der Waals surface area contributed by atoms with E-state index >= 15 is 0 Å². The molecule has 0 aromatic rings. The largest absolute Gasteiger partial charge is 0.480 e. The van der Waals surface area contributed by atoms with Crippen molar-refractivity contribution in [1.82, 2.24) is 5.32 Å². The first-order valence-corrected chi connectivity index (χ1v) is 9.04. The summed E-state index contributed by atoms with van der Waals surface area (Å²) in [7, 11) is 0. The molecule has 2 aliphatic heterocycles. The Balaban J connectivity index is 1.83. The number of carboxylic acid groups (broad SMARTS) is 1. The Morgan fingerprint density at radius 1 is 1.60 bits per heavy atom. The van der Waals surface area contributed by atoms with Crippen molar-refractivity contribution in [2.75, 3.05) is 23.9 Å². The first kappa shape index (κ1) is 16.0. The third kappa shape index (κ3) is 4.30. The van der Waals surface area contributed by atoms with Gasteiger partial charge in [-0.3, -0.25) is 4.79 Å². The molecule has 2 aliphatic rings. The zero-order valence-electron chi connectivity index (χ0n) is 11.6. The normalized spacial score (nSPS) is 31.1. The van der Waals surface area contributed by atoms with Crippen LogP contribution in [0.3, 0.4) is 0 Å². The Bertz CT molecular complexity index is 371. The summed E-state index contributed by atoms with van der Waals surface area (Å²) in [4.78, 5) is 22.1. The number of nitrogens with one attached hydrogen (secondary N) is 1. The van der Waals surface area contributed by atoms with Crippen molar-refractivity contribution in [3.63, 3.8) is 0 Å². The maximum Gasteiger partial charge on any atom is 0.327 e. The van der Waals surface area contributed by atoms with Gasteiger partial charge in [-0.05, 0) is 25.0 Å². The summed E-state index contributed by atoms with van der Waals surface area (Å²) in [5.41, 5.74) is 0.0211. The molecule has 2 heterocycles. The summed E-state index contributed by atoms with van der Waals surface area (Å²) in [6.07, 6.45) is 3.06. The van der Waals surface area contributed by atoms with E-state index in [4.69, 9.17) is 9.84 Å². The SMILES string of the molecule is CC(=O)N[C@@H](CSC1CCOC2(CCSC2)C1)C(=O)O. The van der Waals surface area contributed by atoms with E-state index < -0.39 is 12.0 Å². The second kappa shape index (κ2) is 7.04. The van der Waals surface area contributed by atoms with E-state index in [-0.39, 0.29) is 11.5 Å². The van der Waals surface area contributed by atoms with Crippen LogP contribution in [0.25, 0.3) is 0 Å². The molecule has 2 unspecified atom stereocenters. The third-order valence-corrected chi connectivity index (χ3v) is 6.31. The van der Waals surface area contributed by atoms with E-state index in [1.54, 1.807) is 11.8 Å². The number of amides is 1. The molecular formula is C13H21NO4S2. The summed E-state index contributed by atoms with van der Waals surface area (Å²) in [6.45, 7) is 2.11. The lowest BCUT2D eigenvalue weighted by molar-refractivity contribution is -0.140. The average Bonchev–Trinajstić information content (AvgIpc) is 2.82. The van der Waals surface area contributed by atoms with Gasteiger partial charge in [0.2, 0.25) is 5.91 Å². The van der Waals surface area contributed by atoms with Crippen LogP contribution in [0, 0.1) is 0 Å². The van der Waals surface area contributed by atoms with Crippen molar-refractivity contribution in [1.29, 1.82) is 0 Å². The number of ether oxygens (including phenoxy) is 1. The van der Waals surface area contributed by atoms with Crippen LogP contribution in [-0.2, 0) is 14.3 Å². The van der Waals surface area contributed by atoms with Crippen LogP contribution in [-0.4, -0.2) is 57.7 Å². The van der Waals surface area contributed by atoms with Crippen LogP contribution in [0.4, 0.5) is 0 Å². The molecule has 0 aromatic carbocycles. The number of carbonyl (C=O) groups is 2. The van der Waals surface area contributed by atoms with E-state index in [1.807, 2.05) is 11.8 Å². The smallest absolute Gasteiger partial charge is 0.327 e. The average molecular weight is 319 g/mol. The maximum absolute atomic E-state index is 11.1. The van der Waals surface area contributed by atoms with E-state index in [1.165, 1.54) is 6.92 Å². The van der Waals surface area contributed by atoms with Gasteiger partial charge in [0.15, 0.2) is 0 Å². The predicted molar refractivity (Wildman–Crippen MR) is 81.3 cm³/mol. The quantitative estimate of drug-likeness (QED) is 0.797. The van der Waals surface area contributed by atoms with Crippen molar-refractivity contribution in [3.05, 3.63) is 0 Å². The maximum atomic E-state index is 11.1. The van der Waals surface area contributed by atoms with Gasteiger partial charge in [-0.1, -0.05) is 0 Å². The lowest BCUT2D eigenvalue weighted by Gasteiger charge is -2.37. The lowest BCUT2D eigenvalue weighted by atomic mass is 9.93. The summed E-state index contributed by atoms with van der Waals surface area (Å²) in [6, 6.07) is -0.797. The number of carbonyl (C=O) groups excluding carboxylic acids is 1. The zero-order valence-corrected chi connectivity index (χ0v) is 13.2. The van der Waals surface area contributed by atoms with Crippen molar-refractivity contribution in [2.24, 2.45) is 0 Å². The van der Waals surface area contributed by atoms with Gasteiger partial charge in [-0.25, -0.2) is 4.79 Å². The topological polar surface area (TPSA) is 75.6 Å². The fraction of sp³-hybridized carbons (Fsp3) is 0.846. The van der Waals surface area contributed by atoms with Gasteiger partial charge in [-0.2, -0.15) is 23.5 Å². The van der Waals surface area contributed by atoms with Crippen LogP contribution >= 0.6 is 23.5 Å². The highest BCUT2D eigenvalue weighted by Gasteiger charge is 2.40. The van der Waals surface area contributed by atoms with Crippen molar-refractivity contribution >= 4 is 35.4 Å². The number of rotatable bonds is 5. The molecule has 0 aromatic heterocycles. The molecule has 5 nitrogen and oxygen atoms in total. The second-order valence-electron chi connectivity index (χ2n) is 5.37. The molecule has 7 heteroatoms. The molecule has 3 atom stereocenters. The molecule has 114 valence electrons. The van der Waals surface area contributed by atoms with Crippen molar-refractivity contribution < 1.29 is 19.4 Å². The molecule has 2 N–H and O–H groups in total. The summed E-state index contributed by atoms with van der Waals surface area (Å²) < 4.78 is 5.96.